The van der Waals surface area contributed by atoms with Gasteiger partial charge in [-0.1, -0.05) is 32.0 Å². The molecule has 2 fully saturated rings. The number of rotatable bonds is 6. The number of hydrogen-bond acceptors (Lipinski definition) is 3. The summed E-state index contributed by atoms with van der Waals surface area (Å²) in [4.78, 5) is 15.4. The minimum absolute atomic E-state index is 0.0976. The molecule has 1 amide bonds. The number of halogens is 1. The fraction of sp³-hybridized carbons (Fsp3) is 0.667. The minimum atomic E-state index is -0.844. The lowest BCUT2D eigenvalue weighted by molar-refractivity contribution is -0.165. The third-order valence-corrected chi connectivity index (χ3v) is 5.61. The van der Waals surface area contributed by atoms with Gasteiger partial charge in [0.2, 0.25) is 0 Å². The Balaban J connectivity index is 2.13. The lowest BCUT2D eigenvalue weighted by Gasteiger charge is -2.42. The van der Waals surface area contributed by atoms with Gasteiger partial charge in [0.25, 0.3) is 5.91 Å². The number of allylic oxidation sites excluding steroid dienone is 4. The first-order chi connectivity index (χ1) is 12.4. The van der Waals surface area contributed by atoms with Crippen molar-refractivity contribution >= 4 is 17.5 Å². The number of amides is 1. The van der Waals surface area contributed by atoms with E-state index in [1.165, 1.54) is 0 Å². The maximum atomic E-state index is 13.4. The average Bonchev–Trinajstić information content (AvgIpc) is 2.65. The predicted molar refractivity (Wildman–Crippen MR) is 106 cm³/mol. The van der Waals surface area contributed by atoms with Crippen molar-refractivity contribution in [1.29, 1.82) is 0 Å². The lowest BCUT2D eigenvalue weighted by Crippen LogP contribution is -2.55. The first-order valence-corrected chi connectivity index (χ1v) is 10.0. The second kappa shape index (κ2) is 9.61. The van der Waals surface area contributed by atoms with Crippen molar-refractivity contribution in [3.63, 3.8) is 0 Å². The van der Waals surface area contributed by atoms with Crippen molar-refractivity contribution in [1.82, 2.24) is 4.90 Å². The zero-order valence-corrected chi connectivity index (χ0v) is 17.1. The largest absolute Gasteiger partial charge is 0.478 e. The predicted octanol–water partition coefficient (Wildman–Crippen LogP) is 4.66. The monoisotopic (exact) mass is 381 g/mol. The van der Waals surface area contributed by atoms with Crippen LogP contribution in [-0.2, 0) is 14.3 Å². The van der Waals surface area contributed by atoms with Crippen LogP contribution in [0, 0.1) is 11.8 Å². The van der Waals surface area contributed by atoms with Crippen molar-refractivity contribution in [2.75, 3.05) is 26.3 Å². The standard InChI is InChI=1S/C21H32ClNO3/c1-5-19(7-6-17(4)22)26-21(10-14-25-15-11-21)20(24)23-12-8-18(9-13-23)16(2)3/h5-7,16,18H,4,8-15H2,1-3H3/b7-6-,19-5+. The quantitative estimate of drug-likeness (QED) is 0.496. The highest BCUT2D eigenvalue weighted by Crippen LogP contribution is 2.33. The van der Waals surface area contributed by atoms with Crippen LogP contribution < -0.4 is 0 Å². The van der Waals surface area contributed by atoms with Crippen LogP contribution in [0.1, 0.15) is 46.5 Å². The number of piperidine rings is 1. The smallest absolute Gasteiger partial charge is 0.266 e. The van der Waals surface area contributed by atoms with Gasteiger partial charge in [-0.15, -0.1) is 0 Å². The van der Waals surface area contributed by atoms with Gasteiger partial charge in [0.05, 0.1) is 13.2 Å². The molecule has 0 unspecified atom stereocenters. The van der Waals surface area contributed by atoms with Gasteiger partial charge in [0.1, 0.15) is 5.76 Å². The molecule has 0 radical (unpaired) electrons. The molecule has 0 aromatic rings. The molecular formula is C21H32ClNO3. The van der Waals surface area contributed by atoms with Crippen LogP contribution in [0.5, 0.6) is 0 Å². The third kappa shape index (κ3) is 5.37. The van der Waals surface area contributed by atoms with E-state index in [-0.39, 0.29) is 5.91 Å². The van der Waals surface area contributed by atoms with Crippen molar-refractivity contribution in [2.45, 2.75) is 52.1 Å². The lowest BCUT2D eigenvalue weighted by atomic mass is 9.85. The van der Waals surface area contributed by atoms with E-state index in [9.17, 15) is 4.79 Å². The second-order valence-corrected chi connectivity index (χ2v) is 8.04. The maximum absolute atomic E-state index is 13.4. The number of carbonyl (C=O) groups excluding carboxylic acids is 1. The number of likely N-dealkylation sites (tertiary alicyclic amines) is 1. The van der Waals surface area contributed by atoms with Crippen LogP contribution >= 0.6 is 11.6 Å². The van der Waals surface area contributed by atoms with Crippen LogP contribution in [-0.4, -0.2) is 42.7 Å². The summed E-state index contributed by atoms with van der Waals surface area (Å²) in [5.74, 6) is 2.11. The molecule has 2 aliphatic rings. The summed E-state index contributed by atoms with van der Waals surface area (Å²) in [5, 5.41) is 0.427. The highest BCUT2D eigenvalue weighted by Gasteiger charge is 2.45. The molecule has 2 rings (SSSR count). The van der Waals surface area contributed by atoms with Crippen LogP contribution in [0.2, 0.25) is 0 Å². The summed E-state index contributed by atoms with van der Waals surface area (Å²) in [6.07, 6.45) is 8.59. The average molecular weight is 382 g/mol. The van der Waals surface area contributed by atoms with Gasteiger partial charge in [-0.05, 0) is 49.8 Å². The Hall–Kier alpha value is -1.26. The summed E-state index contributed by atoms with van der Waals surface area (Å²) < 4.78 is 11.8. The van der Waals surface area contributed by atoms with E-state index in [1.54, 1.807) is 12.2 Å². The SMILES string of the molecule is C=C(Cl)/C=C\C(=C/C)OC1(C(=O)N2CCC(C(C)C)CC2)CCOCC1. The van der Waals surface area contributed by atoms with Crippen LogP contribution in [0.4, 0.5) is 0 Å². The molecule has 2 saturated heterocycles. The molecule has 0 atom stereocenters. The Morgan fingerprint density at radius 3 is 2.38 bits per heavy atom. The van der Waals surface area contributed by atoms with Crippen molar-refractivity contribution < 1.29 is 14.3 Å². The first-order valence-electron chi connectivity index (χ1n) is 9.63. The molecule has 5 heteroatoms. The maximum Gasteiger partial charge on any atom is 0.266 e. The number of nitrogens with zero attached hydrogens (tertiary/aromatic N) is 1. The first kappa shape index (κ1) is 21.0. The normalized spacial score (nSPS) is 22.0. The fourth-order valence-electron chi connectivity index (χ4n) is 3.71. The van der Waals surface area contributed by atoms with Gasteiger partial charge in [0.15, 0.2) is 5.60 Å². The van der Waals surface area contributed by atoms with E-state index < -0.39 is 5.60 Å². The topological polar surface area (TPSA) is 38.8 Å². The van der Waals surface area contributed by atoms with Gasteiger partial charge in [-0.3, -0.25) is 4.79 Å². The summed E-state index contributed by atoms with van der Waals surface area (Å²) in [7, 11) is 0. The van der Waals surface area contributed by atoms with Crippen LogP contribution in [0.15, 0.2) is 35.6 Å². The zero-order valence-electron chi connectivity index (χ0n) is 16.3. The summed E-state index contributed by atoms with van der Waals surface area (Å²) in [5.41, 5.74) is -0.844. The Kier molecular flexibility index (Phi) is 7.78. The zero-order chi connectivity index (χ0) is 19.2. The molecule has 146 valence electrons. The molecule has 0 bridgehead atoms. The minimum Gasteiger partial charge on any atom is -0.478 e. The van der Waals surface area contributed by atoms with Crippen molar-refractivity contribution in [3.8, 4) is 0 Å². The molecular weight excluding hydrogens is 350 g/mol. The van der Waals surface area contributed by atoms with Gasteiger partial charge < -0.3 is 14.4 Å². The molecule has 0 aliphatic carbocycles. The Morgan fingerprint density at radius 2 is 1.88 bits per heavy atom. The number of carbonyl (C=O) groups is 1. The summed E-state index contributed by atoms with van der Waals surface area (Å²) >= 11 is 5.82. The number of ether oxygens (including phenoxy) is 2. The Bertz CT molecular complexity index is 554. The molecule has 0 N–H and O–H groups in total. The van der Waals surface area contributed by atoms with Crippen molar-refractivity contribution in [3.05, 3.63) is 35.6 Å². The molecule has 4 nitrogen and oxygen atoms in total. The molecule has 0 aromatic carbocycles. The van der Waals surface area contributed by atoms with E-state index in [1.807, 2.05) is 17.9 Å². The number of hydrogen-bond donors (Lipinski definition) is 0. The van der Waals surface area contributed by atoms with Gasteiger partial charge in [-0.2, -0.15) is 0 Å². The molecule has 26 heavy (non-hydrogen) atoms. The summed E-state index contributed by atoms with van der Waals surface area (Å²) in [6.45, 7) is 12.8. The van der Waals surface area contributed by atoms with E-state index in [4.69, 9.17) is 21.1 Å². The van der Waals surface area contributed by atoms with E-state index in [0.29, 0.717) is 48.7 Å². The molecule has 0 aromatic heterocycles. The molecule has 0 spiro atoms. The van der Waals surface area contributed by atoms with E-state index in [2.05, 4.69) is 20.4 Å². The third-order valence-electron chi connectivity index (χ3n) is 5.49. The van der Waals surface area contributed by atoms with Gasteiger partial charge >= 0.3 is 0 Å². The Labute approximate surface area is 162 Å². The van der Waals surface area contributed by atoms with Gasteiger partial charge in [0, 0.05) is 31.0 Å². The highest BCUT2D eigenvalue weighted by molar-refractivity contribution is 6.30. The highest BCUT2D eigenvalue weighted by atomic mass is 35.5. The fourth-order valence-corrected chi connectivity index (χ4v) is 3.77. The van der Waals surface area contributed by atoms with Gasteiger partial charge in [-0.25, -0.2) is 0 Å². The van der Waals surface area contributed by atoms with E-state index >= 15 is 0 Å². The van der Waals surface area contributed by atoms with Crippen LogP contribution in [0.3, 0.4) is 0 Å². The molecule has 2 aliphatic heterocycles. The molecule has 0 saturated carbocycles. The second-order valence-electron chi connectivity index (χ2n) is 7.55. The summed E-state index contributed by atoms with van der Waals surface area (Å²) in [6, 6.07) is 0. The van der Waals surface area contributed by atoms with Crippen LogP contribution in [0.25, 0.3) is 0 Å². The molecule has 2 heterocycles. The Morgan fingerprint density at radius 1 is 1.27 bits per heavy atom. The van der Waals surface area contributed by atoms with Crippen molar-refractivity contribution in [2.24, 2.45) is 11.8 Å². The van der Waals surface area contributed by atoms with E-state index in [0.717, 1.165) is 25.9 Å².